The van der Waals surface area contributed by atoms with Gasteiger partial charge >= 0.3 is 6.18 Å². The third-order valence-corrected chi connectivity index (χ3v) is 2.24. The summed E-state index contributed by atoms with van der Waals surface area (Å²) in [6, 6.07) is 5.03. The van der Waals surface area contributed by atoms with Gasteiger partial charge in [0.1, 0.15) is 11.3 Å². The summed E-state index contributed by atoms with van der Waals surface area (Å²) < 4.78 is 46.1. The number of hydrogen-bond acceptors (Lipinski definition) is 4. The average Bonchev–Trinajstić information content (AvgIpc) is 2.68. The lowest BCUT2D eigenvalue weighted by Crippen LogP contribution is -2.28. The molecule has 1 aromatic heterocycles. The molecule has 1 N–H and O–H groups in total. The Hall–Kier alpha value is -1.76. The van der Waals surface area contributed by atoms with Gasteiger partial charge < -0.3 is 14.5 Å². The fraction of sp³-hybridized carbons (Fsp3) is 0.364. The number of methoxy groups -OCH3 is 1. The van der Waals surface area contributed by atoms with E-state index >= 15 is 0 Å². The first-order valence-electron chi connectivity index (χ1n) is 5.19. The molecule has 0 unspecified atom stereocenters. The Balaban J connectivity index is 2.06. The summed E-state index contributed by atoms with van der Waals surface area (Å²) in [5.74, 6) is 0.816. The smallest absolute Gasteiger partial charge is 0.401 e. The number of hydrogen-bond donors (Lipinski definition) is 1. The van der Waals surface area contributed by atoms with Crippen LogP contribution in [0.25, 0.3) is 11.1 Å². The van der Waals surface area contributed by atoms with E-state index in [-0.39, 0.29) is 12.4 Å². The van der Waals surface area contributed by atoms with Gasteiger partial charge in [0, 0.05) is 6.07 Å². The maximum atomic E-state index is 11.9. The standard InChI is InChI=1S/C11H11F3N2O2/c1-17-7-2-3-8-9(4-7)18-10(16-8)5-15-6-11(12,13)14/h2-4,15H,5-6H2,1H3. The quantitative estimate of drug-likeness (QED) is 0.917. The summed E-state index contributed by atoms with van der Waals surface area (Å²) in [6.07, 6.45) is -4.24. The monoisotopic (exact) mass is 260 g/mol. The van der Waals surface area contributed by atoms with E-state index in [2.05, 4.69) is 10.3 Å². The van der Waals surface area contributed by atoms with E-state index in [9.17, 15) is 13.2 Å². The molecule has 0 aliphatic heterocycles. The van der Waals surface area contributed by atoms with Crippen LogP contribution < -0.4 is 10.1 Å². The highest BCUT2D eigenvalue weighted by atomic mass is 19.4. The van der Waals surface area contributed by atoms with Gasteiger partial charge in [-0.2, -0.15) is 13.2 Å². The predicted molar refractivity (Wildman–Crippen MR) is 58.3 cm³/mol. The van der Waals surface area contributed by atoms with E-state index in [0.29, 0.717) is 16.8 Å². The van der Waals surface area contributed by atoms with Gasteiger partial charge in [-0.1, -0.05) is 0 Å². The lowest BCUT2D eigenvalue weighted by Gasteiger charge is -2.05. The molecule has 1 heterocycles. The van der Waals surface area contributed by atoms with Crippen LogP contribution in [-0.2, 0) is 6.54 Å². The highest BCUT2D eigenvalue weighted by molar-refractivity contribution is 5.74. The van der Waals surface area contributed by atoms with E-state index in [1.165, 1.54) is 7.11 Å². The number of aromatic nitrogens is 1. The van der Waals surface area contributed by atoms with Crippen molar-refractivity contribution < 1.29 is 22.3 Å². The van der Waals surface area contributed by atoms with Crippen molar-refractivity contribution in [2.75, 3.05) is 13.7 Å². The largest absolute Gasteiger partial charge is 0.497 e. The lowest BCUT2D eigenvalue weighted by atomic mass is 10.3. The SMILES string of the molecule is COc1ccc2nc(CNCC(F)(F)F)oc2c1. The van der Waals surface area contributed by atoms with Crippen LogP contribution in [0.5, 0.6) is 5.75 Å². The molecule has 2 aromatic rings. The van der Waals surface area contributed by atoms with Crippen LogP contribution in [0.3, 0.4) is 0 Å². The Kier molecular flexibility index (Phi) is 3.42. The molecule has 18 heavy (non-hydrogen) atoms. The number of ether oxygens (including phenoxy) is 1. The van der Waals surface area contributed by atoms with Gasteiger partial charge in [0.15, 0.2) is 5.58 Å². The second-order valence-electron chi connectivity index (χ2n) is 3.66. The van der Waals surface area contributed by atoms with Gasteiger partial charge in [0.25, 0.3) is 0 Å². The Bertz CT molecular complexity index is 537. The van der Waals surface area contributed by atoms with Crippen molar-refractivity contribution in [2.24, 2.45) is 0 Å². The van der Waals surface area contributed by atoms with Crippen LogP contribution >= 0.6 is 0 Å². The fourth-order valence-corrected chi connectivity index (χ4v) is 1.47. The van der Waals surface area contributed by atoms with Crippen molar-refractivity contribution in [2.45, 2.75) is 12.7 Å². The first kappa shape index (κ1) is 12.7. The van der Waals surface area contributed by atoms with Crippen LogP contribution in [0.4, 0.5) is 13.2 Å². The topological polar surface area (TPSA) is 47.3 Å². The van der Waals surface area contributed by atoms with Crippen molar-refractivity contribution in [3.63, 3.8) is 0 Å². The number of nitrogens with zero attached hydrogens (tertiary/aromatic N) is 1. The number of nitrogens with one attached hydrogen (secondary N) is 1. The summed E-state index contributed by atoms with van der Waals surface area (Å²) in [5.41, 5.74) is 1.07. The predicted octanol–water partition coefficient (Wildman–Crippen LogP) is 2.49. The lowest BCUT2D eigenvalue weighted by molar-refractivity contribution is -0.125. The van der Waals surface area contributed by atoms with Crippen LogP contribution in [0, 0.1) is 0 Å². The van der Waals surface area contributed by atoms with E-state index < -0.39 is 12.7 Å². The maximum absolute atomic E-state index is 11.9. The molecule has 4 nitrogen and oxygen atoms in total. The third kappa shape index (κ3) is 3.13. The minimum absolute atomic E-state index is 0.0729. The molecular formula is C11H11F3N2O2. The Morgan fingerprint density at radius 3 is 2.83 bits per heavy atom. The van der Waals surface area contributed by atoms with Crippen LogP contribution in [-0.4, -0.2) is 24.8 Å². The molecule has 0 amide bonds. The molecule has 0 atom stereocenters. The molecule has 0 radical (unpaired) electrons. The molecule has 0 saturated heterocycles. The van der Waals surface area contributed by atoms with Gasteiger partial charge in [0.2, 0.25) is 5.89 Å². The van der Waals surface area contributed by atoms with Gasteiger partial charge in [0.05, 0.1) is 20.2 Å². The Labute approximate surface area is 101 Å². The summed E-state index contributed by atoms with van der Waals surface area (Å²) in [6.45, 7) is -1.15. The zero-order valence-corrected chi connectivity index (χ0v) is 9.54. The summed E-state index contributed by atoms with van der Waals surface area (Å²) >= 11 is 0. The van der Waals surface area contributed by atoms with Crippen molar-refractivity contribution >= 4 is 11.1 Å². The maximum Gasteiger partial charge on any atom is 0.401 e. The highest BCUT2D eigenvalue weighted by Gasteiger charge is 2.26. The normalized spacial score (nSPS) is 12.0. The summed E-state index contributed by atoms with van der Waals surface area (Å²) in [5, 5.41) is 2.22. The number of benzene rings is 1. The molecule has 2 rings (SSSR count). The third-order valence-electron chi connectivity index (χ3n) is 2.24. The van der Waals surface area contributed by atoms with Gasteiger partial charge in [-0.05, 0) is 12.1 Å². The van der Waals surface area contributed by atoms with Crippen molar-refractivity contribution in [1.82, 2.24) is 10.3 Å². The van der Waals surface area contributed by atoms with Crippen LogP contribution in [0.1, 0.15) is 5.89 Å². The summed E-state index contributed by atoms with van der Waals surface area (Å²) in [4.78, 5) is 4.06. The Morgan fingerprint density at radius 2 is 2.17 bits per heavy atom. The minimum atomic E-state index is -4.24. The van der Waals surface area contributed by atoms with E-state index in [1.54, 1.807) is 18.2 Å². The fourth-order valence-electron chi connectivity index (χ4n) is 1.47. The van der Waals surface area contributed by atoms with Crippen molar-refractivity contribution in [1.29, 1.82) is 0 Å². The van der Waals surface area contributed by atoms with Gasteiger partial charge in [-0.3, -0.25) is 0 Å². The average molecular weight is 260 g/mol. The highest BCUT2D eigenvalue weighted by Crippen LogP contribution is 2.21. The first-order chi connectivity index (χ1) is 8.48. The number of halogens is 3. The molecule has 0 aliphatic carbocycles. The van der Waals surface area contributed by atoms with Crippen molar-refractivity contribution in [3.8, 4) is 5.75 Å². The molecule has 0 bridgehead atoms. The molecule has 1 aromatic carbocycles. The molecule has 0 fully saturated rings. The molecule has 0 saturated carbocycles. The number of alkyl halides is 3. The second kappa shape index (κ2) is 4.85. The van der Waals surface area contributed by atoms with Crippen LogP contribution in [0.2, 0.25) is 0 Å². The number of fused-ring (bicyclic) bond motifs is 1. The first-order valence-corrected chi connectivity index (χ1v) is 5.19. The zero-order valence-electron chi connectivity index (χ0n) is 9.54. The summed E-state index contributed by atoms with van der Waals surface area (Å²) in [7, 11) is 1.52. The molecule has 0 aliphatic rings. The minimum Gasteiger partial charge on any atom is -0.497 e. The zero-order chi connectivity index (χ0) is 13.2. The molecule has 7 heteroatoms. The van der Waals surface area contributed by atoms with E-state index in [4.69, 9.17) is 9.15 Å². The molecule has 0 spiro atoms. The van der Waals surface area contributed by atoms with Gasteiger partial charge in [-0.25, -0.2) is 4.98 Å². The van der Waals surface area contributed by atoms with Gasteiger partial charge in [-0.15, -0.1) is 0 Å². The molecule has 98 valence electrons. The molecular weight excluding hydrogens is 249 g/mol. The van der Waals surface area contributed by atoms with Crippen molar-refractivity contribution in [3.05, 3.63) is 24.1 Å². The number of rotatable bonds is 4. The number of oxazole rings is 1. The van der Waals surface area contributed by atoms with E-state index in [1.807, 2.05) is 0 Å². The Morgan fingerprint density at radius 1 is 1.39 bits per heavy atom. The van der Waals surface area contributed by atoms with Crippen LogP contribution in [0.15, 0.2) is 22.6 Å². The second-order valence-corrected chi connectivity index (χ2v) is 3.66. The van der Waals surface area contributed by atoms with E-state index in [0.717, 1.165) is 0 Å².